The minimum absolute atomic E-state index is 0.0809. The molecule has 1 atom stereocenters. The average Bonchev–Trinajstić information content (AvgIpc) is 3.40. The molecule has 0 bridgehead atoms. The number of pyridine rings is 1. The fourth-order valence-corrected chi connectivity index (χ4v) is 3.81. The van der Waals surface area contributed by atoms with Crippen LogP contribution in [0.5, 0.6) is 23.0 Å². The molecule has 9 heteroatoms. The molecule has 2 aliphatic heterocycles. The van der Waals surface area contributed by atoms with Gasteiger partial charge in [-0.25, -0.2) is 4.98 Å². The monoisotopic (exact) mass is 394 g/mol. The van der Waals surface area contributed by atoms with Gasteiger partial charge in [-0.3, -0.25) is 14.3 Å². The summed E-state index contributed by atoms with van der Waals surface area (Å²) in [5.41, 5.74) is 2.28. The molecule has 0 spiro atoms. The van der Waals surface area contributed by atoms with Gasteiger partial charge in [-0.15, -0.1) is 0 Å². The van der Waals surface area contributed by atoms with Crippen molar-refractivity contribution in [3.05, 3.63) is 48.2 Å². The highest BCUT2D eigenvalue weighted by molar-refractivity contribution is 5.94. The molecule has 2 aliphatic rings. The van der Waals surface area contributed by atoms with Crippen LogP contribution >= 0.6 is 0 Å². The maximum atomic E-state index is 12.6. The smallest absolute Gasteiger partial charge is 0.231 e. The summed E-state index contributed by atoms with van der Waals surface area (Å²) in [7, 11) is 3.12. The zero-order valence-electron chi connectivity index (χ0n) is 15.8. The molecule has 0 aliphatic carbocycles. The van der Waals surface area contributed by atoms with Crippen molar-refractivity contribution < 1.29 is 23.7 Å². The predicted molar refractivity (Wildman–Crippen MR) is 102 cm³/mol. The Balaban J connectivity index is 1.68. The molecule has 0 fully saturated rings. The summed E-state index contributed by atoms with van der Waals surface area (Å²) in [6.07, 6.45) is 5.30. The number of benzene rings is 1. The lowest BCUT2D eigenvalue weighted by atomic mass is 9.88. The van der Waals surface area contributed by atoms with E-state index >= 15 is 0 Å². The third-order valence-electron chi connectivity index (χ3n) is 5.09. The van der Waals surface area contributed by atoms with Gasteiger partial charge in [0, 0.05) is 24.1 Å². The fraction of sp³-hybridized carbons (Fsp3) is 0.250. The minimum Gasteiger partial charge on any atom is -0.493 e. The van der Waals surface area contributed by atoms with Gasteiger partial charge in [0.25, 0.3) is 0 Å². The quantitative estimate of drug-likeness (QED) is 0.726. The van der Waals surface area contributed by atoms with Gasteiger partial charge in [-0.05, 0) is 18.2 Å². The number of hydrogen-bond acceptors (Lipinski definition) is 7. The number of nitrogens with zero attached hydrogens (tertiary/aromatic N) is 3. The van der Waals surface area contributed by atoms with Crippen LogP contribution in [0, 0.1) is 0 Å². The second kappa shape index (κ2) is 6.69. The van der Waals surface area contributed by atoms with Crippen molar-refractivity contribution in [2.45, 2.75) is 12.3 Å². The first-order valence-electron chi connectivity index (χ1n) is 9.03. The number of aromatic nitrogens is 3. The van der Waals surface area contributed by atoms with E-state index in [0.717, 1.165) is 16.9 Å². The van der Waals surface area contributed by atoms with Crippen LogP contribution in [0.3, 0.4) is 0 Å². The van der Waals surface area contributed by atoms with Crippen LogP contribution in [0.4, 0.5) is 5.82 Å². The van der Waals surface area contributed by atoms with E-state index < -0.39 is 0 Å². The number of amides is 1. The standard InChI is InChI=1S/C20H18N4O5/c1-26-14-6-13(17(27-2)19-18(14)28-10-29-19)12-7-15(25)23-20-16(12)22-9-24(20)11-4-3-5-21-8-11/h3-6,8-9,12H,7,10H2,1-2H3,(H,23,25)/t12-/m1/s1. The van der Waals surface area contributed by atoms with Crippen LogP contribution in [0.2, 0.25) is 0 Å². The first-order chi connectivity index (χ1) is 14.2. The predicted octanol–water partition coefficient (Wildman–Crippen LogP) is 2.49. The van der Waals surface area contributed by atoms with Gasteiger partial charge in [0.1, 0.15) is 12.1 Å². The number of carbonyl (C=O) groups is 1. The lowest BCUT2D eigenvalue weighted by Crippen LogP contribution is -2.25. The Labute approximate surface area is 166 Å². The number of nitrogens with one attached hydrogen (secondary N) is 1. The normalized spacial score (nSPS) is 16.9. The summed E-state index contributed by atoms with van der Waals surface area (Å²) in [6, 6.07) is 5.55. The fourth-order valence-electron chi connectivity index (χ4n) is 3.81. The summed E-state index contributed by atoms with van der Waals surface area (Å²) < 4.78 is 24.1. The summed E-state index contributed by atoms with van der Waals surface area (Å²) in [5, 5.41) is 2.93. The molecule has 5 rings (SSSR count). The van der Waals surface area contributed by atoms with Crippen LogP contribution in [0.1, 0.15) is 23.6 Å². The number of methoxy groups -OCH3 is 2. The van der Waals surface area contributed by atoms with Crippen molar-refractivity contribution in [1.29, 1.82) is 0 Å². The number of rotatable bonds is 4. The van der Waals surface area contributed by atoms with E-state index in [1.807, 2.05) is 22.8 Å². The Hall–Kier alpha value is -3.75. The second-order valence-electron chi connectivity index (χ2n) is 6.63. The molecule has 0 unspecified atom stereocenters. The third-order valence-corrected chi connectivity index (χ3v) is 5.09. The Morgan fingerprint density at radius 1 is 1.24 bits per heavy atom. The SMILES string of the molecule is COc1cc([C@H]2CC(=O)Nc3c2ncn3-c2cccnc2)c(OC)c2c1OCO2. The summed E-state index contributed by atoms with van der Waals surface area (Å²) in [6.45, 7) is 0.0809. The molecule has 1 aromatic carbocycles. The van der Waals surface area contributed by atoms with E-state index in [1.54, 1.807) is 32.9 Å². The first-order valence-corrected chi connectivity index (χ1v) is 9.03. The van der Waals surface area contributed by atoms with Crippen molar-refractivity contribution in [1.82, 2.24) is 14.5 Å². The molecular weight excluding hydrogens is 376 g/mol. The second-order valence-corrected chi connectivity index (χ2v) is 6.63. The summed E-state index contributed by atoms with van der Waals surface area (Å²) in [5.74, 6) is 2.16. The van der Waals surface area contributed by atoms with Crippen molar-refractivity contribution in [2.24, 2.45) is 0 Å². The lowest BCUT2D eigenvalue weighted by Gasteiger charge is -2.25. The highest BCUT2D eigenvalue weighted by Gasteiger charge is 2.36. The maximum absolute atomic E-state index is 12.6. The van der Waals surface area contributed by atoms with Gasteiger partial charge in [0.15, 0.2) is 11.5 Å². The minimum atomic E-state index is -0.338. The summed E-state index contributed by atoms with van der Waals surface area (Å²) >= 11 is 0. The molecule has 148 valence electrons. The highest BCUT2D eigenvalue weighted by Crippen LogP contribution is 2.53. The van der Waals surface area contributed by atoms with E-state index in [-0.39, 0.29) is 25.0 Å². The molecule has 4 heterocycles. The molecule has 3 aromatic rings. The van der Waals surface area contributed by atoms with Crippen LogP contribution in [0.15, 0.2) is 36.9 Å². The molecule has 0 radical (unpaired) electrons. The van der Waals surface area contributed by atoms with Crippen molar-refractivity contribution >= 4 is 11.7 Å². The van der Waals surface area contributed by atoms with Crippen LogP contribution in [0.25, 0.3) is 5.69 Å². The molecule has 9 nitrogen and oxygen atoms in total. The Bertz CT molecular complexity index is 1100. The van der Waals surface area contributed by atoms with Crippen molar-refractivity contribution in [3.8, 4) is 28.7 Å². The molecule has 1 N–H and O–H groups in total. The number of ether oxygens (including phenoxy) is 4. The molecule has 0 saturated heterocycles. The van der Waals surface area contributed by atoms with Gasteiger partial charge in [-0.1, -0.05) is 0 Å². The number of hydrogen-bond donors (Lipinski definition) is 1. The van der Waals surface area contributed by atoms with E-state index in [4.69, 9.17) is 18.9 Å². The molecule has 1 amide bonds. The lowest BCUT2D eigenvalue weighted by molar-refractivity contribution is -0.116. The van der Waals surface area contributed by atoms with Gasteiger partial charge < -0.3 is 24.3 Å². The van der Waals surface area contributed by atoms with E-state index in [1.165, 1.54) is 0 Å². The Morgan fingerprint density at radius 3 is 2.86 bits per heavy atom. The zero-order valence-corrected chi connectivity index (χ0v) is 15.8. The zero-order chi connectivity index (χ0) is 20.0. The van der Waals surface area contributed by atoms with Crippen LogP contribution < -0.4 is 24.3 Å². The first kappa shape index (κ1) is 17.4. The van der Waals surface area contributed by atoms with Gasteiger partial charge in [-0.2, -0.15) is 0 Å². The van der Waals surface area contributed by atoms with E-state index in [2.05, 4.69) is 15.3 Å². The van der Waals surface area contributed by atoms with Crippen LogP contribution in [-0.2, 0) is 4.79 Å². The molecule has 0 saturated carbocycles. The molecule has 29 heavy (non-hydrogen) atoms. The summed E-state index contributed by atoms with van der Waals surface area (Å²) in [4.78, 5) is 21.3. The van der Waals surface area contributed by atoms with Crippen molar-refractivity contribution in [3.63, 3.8) is 0 Å². The Kier molecular flexibility index (Phi) is 4.01. The van der Waals surface area contributed by atoms with Crippen molar-refractivity contribution in [2.75, 3.05) is 26.3 Å². The number of imidazole rings is 1. The largest absolute Gasteiger partial charge is 0.493 e. The number of anilines is 1. The van der Waals surface area contributed by atoms with E-state index in [9.17, 15) is 4.79 Å². The number of carbonyl (C=O) groups excluding carboxylic acids is 1. The van der Waals surface area contributed by atoms with Gasteiger partial charge >= 0.3 is 0 Å². The van der Waals surface area contributed by atoms with Gasteiger partial charge in [0.05, 0.1) is 31.8 Å². The third kappa shape index (κ3) is 2.65. The topological polar surface area (TPSA) is 96.7 Å². The highest BCUT2D eigenvalue weighted by atomic mass is 16.7. The Morgan fingerprint density at radius 2 is 2.10 bits per heavy atom. The number of fused-ring (bicyclic) bond motifs is 2. The maximum Gasteiger partial charge on any atom is 0.231 e. The van der Waals surface area contributed by atoms with Gasteiger partial charge in [0.2, 0.25) is 24.2 Å². The van der Waals surface area contributed by atoms with E-state index in [0.29, 0.717) is 28.8 Å². The average molecular weight is 394 g/mol. The molecule has 2 aromatic heterocycles. The van der Waals surface area contributed by atoms with Crippen LogP contribution in [-0.4, -0.2) is 41.5 Å². The molecular formula is C20H18N4O5.